The molecule has 6 heteroatoms. The van der Waals surface area contributed by atoms with E-state index in [1.807, 2.05) is 0 Å². The Labute approximate surface area is 358 Å². The Kier molecular flexibility index (Phi) is 44.9. The number of rotatable bonds is 44. The lowest BCUT2D eigenvalue weighted by atomic mass is 10.1. The number of esters is 3. The Morgan fingerprint density at radius 1 is 0.345 bits per heavy atom. The van der Waals surface area contributed by atoms with Gasteiger partial charge in [0.15, 0.2) is 6.10 Å². The number of ether oxygens (including phenoxy) is 3. The lowest BCUT2D eigenvalue weighted by molar-refractivity contribution is -0.167. The first kappa shape index (κ1) is 55.4. The second-order valence-electron chi connectivity index (χ2n) is 16.4. The molecule has 0 radical (unpaired) electrons. The van der Waals surface area contributed by atoms with Crippen molar-refractivity contribution in [3.8, 4) is 0 Å². The Balaban J connectivity index is 4.35. The van der Waals surface area contributed by atoms with Crippen LogP contribution in [0.3, 0.4) is 0 Å². The van der Waals surface area contributed by atoms with E-state index < -0.39 is 6.10 Å². The molecule has 58 heavy (non-hydrogen) atoms. The monoisotopic (exact) mass is 813 g/mol. The molecule has 0 bridgehead atoms. The first-order valence-corrected chi connectivity index (χ1v) is 24.7. The minimum atomic E-state index is -0.790. The normalized spacial score (nSPS) is 12.4. The lowest BCUT2D eigenvalue weighted by Gasteiger charge is -2.18. The maximum Gasteiger partial charge on any atom is 0.306 e. The Morgan fingerprint density at radius 3 is 1.05 bits per heavy atom. The van der Waals surface area contributed by atoms with Gasteiger partial charge in [0.05, 0.1) is 0 Å². The summed E-state index contributed by atoms with van der Waals surface area (Å²) in [6.07, 6.45) is 55.3. The first-order chi connectivity index (χ1) is 28.5. The fourth-order valence-electron chi connectivity index (χ4n) is 6.75. The molecule has 0 saturated carbocycles. The van der Waals surface area contributed by atoms with Crippen LogP contribution in [0.1, 0.15) is 245 Å². The topological polar surface area (TPSA) is 78.9 Å². The standard InChI is InChI=1S/C52H92O6/c1-4-7-10-13-16-19-22-23-24-25-26-27-28-31-33-36-39-42-45-51(54)57-48-49(58-52(55)46-43-40-37-34-30-21-18-15-12-9-6-3)47-56-50(53)44-41-38-35-32-29-20-17-14-11-8-5-2/h14-15,17-18,21,26-27,30,49H,4-13,16,19-20,22-25,28-29,31-48H2,1-3H3/b17-14-,18-15-,27-26-,30-21-. The lowest BCUT2D eigenvalue weighted by Crippen LogP contribution is -2.30. The number of carbonyl (C=O) groups is 3. The summed E-state index contributed by atoms with van der Waals surface area (Å²) in [7, 11) is 0. The highest BCUT2D eigenvalue weighted by molar-refractivity contribution is 5.71. The van der Waals surface area contributed by atoms with Gasteiger partial charge in [-0.25, -0.2) is 0 Å². The van der Waals surface area contributed by atoms with E-state index in [1.54, 1.807) is 0 Å². The quantitative estimate of drug-likeness (QED) is 0.0200. The third kappa shape index (κ3) is 44.5. The average molecular weight is 813 g/mol. The van der Waals surface area contributed by atoms with Crippen LogP contribution in [0, 0.1) is 0 Å². The molecule has 6 nitrogen and oxygen atoms in total. The minimum Gasteiger partial charge on any atom is -0.462 e. The average Bonchev–Trinajstić information content (AvgIpc) is 3.22. The number of unbranched alkanes of at least 4 members (excludes halogenated alkanes) is 26. The Bertz CT molecular complexity index is 1030. The molecular formula is C52H92O6. The Morgan fingerprint density at radius 2 is 0.638 bits per heavy atom. The van der Waals surface area contributed by atoms with E-state index in [0.29, 0.717) is 19.3 Å². The van der Waals surface area contributed by atoms with Gasteiger partial charge in [0.25, 0.3) is 0 Å². The molecule has 0 aliphatic rings. The zero-order chi connectivity index (χ0) is 42.3. The molecule has 0 aliphatic heterocycles. The third-order valence-electron chi connectivity index (χ3n) is 10.6. The van der Waals surface area contributed by atoms with E-state index in [-0.39, 0.29) is 31.1 Å². The molecule has 336 valence electrons. The summed E-state index contributed by atoms with van der Waals surface area (Å²) in [5.74, 6) is -0.935. The van der Waals surface area contributed by atoms with Gasteiger partial charge in [0.1, 0.15) is 13.2 Å². The van der Waals surface area contributed by atoms with Crippen molar-refractivity contribution in [3.63, 3.8) is 0 Å². The highest BCUT2D eigenvalue weighted by Gasteiger charge is 2.19. The molecule has 0 saturated heterocycles. The number of allylic oxidation sites excluding steroid dienone is 8. The van der Waals surface area contributed by atoms with Crippen LogP contribution in [-0.4, -0.2) is 37.2 Å². The summed E-state index contributed by atoms with van der Waals surface area (Å²) in [5.41, 5.74) is 0. The smallest absolute Gasteiger partial charge is 0.306 e. The zero-order valence-corrected chi connectivity index (χ0v) is 38.3. The Hall–Kier alpha value is -2.63. The van der Waals surface area contributed by atoms with Gasteiger partial charge in [-0.15, -0.1) is 0 Å². The van der Waals surface area contributed by atoms with Crippen molar-refractivity contribution < 1.29 is 28.6 Å². The summed E-state index contributed by atoms with van der Waals surface area (Å²) < 4.78 is 16.7. The SMILES string of the molecule is CCCC/C=C\C=C/CCCCCC(=O)OC(COC(=O)CCCCCCC/C=C\CCCC)COC(=O)CCCCCCC/C=C\CCCCCCCCCCC. The van der Waals surface area contributed by atoms with E-state index in [2.05, 4.69) is 69.4 Å². The van der Waals surface area contributed by atoms with Crippen molar-refractivity contribution in [2.75, 3.05) is 13.2 Å². The van der Waals surface area contributed by atoms with Crippen LogP contribution in [0.15, 0.2) is 48.6 Å². The summed E-state index contributed by atoms with van der Waals surface area (Å²) >= 11 is 0. The highest BCUT2D eigenvalue weighted by atomic mass is 16.6. The van der Waals surface area contributed by atoms with Crippen molar-refractivity contribution in [3.05, 3.63) is 48.6 Å². The molecule has 0 spiro atoms. The van der Waals surface area contributed by atoms with Crippen molar-refractivity contribution in [1.29, 1.82) is 0 Å². The molecule has 0 aliphatic carbocycles. The highest BCUT2D eigenvalue weighted by Crippen LogP contribution is 2.14. The maximum atomic E-state index is 12.7. The predicted octanol–water partition coefficient (Wildman–Crippen LogP) is 15.9. The van der Waals surface area contributed by atoms with E-state index in [9.17, 15) is 14.4 Å². The fourth-order valence-corrected chi connectivity index (χ4v) is 6.75. The van der Waals surface area contributed by atoms with Crippen LogP contribution in [-0.2, 0) is 28.6 Å². The van der Waals surface area contributed by atoms with Gasteiger partial charge < -0.3 is 14.2 Å². The largest absolute Gasteiger partial charge is 0.462 e. The van der Waals surface area contributed by atoms with Crippen molar-refractivity contribution >= 4 is 17.9 Å². The number of carbonyl (C=O) groups excluding carboxylic acids is 3. The van der Waals surface area contributed by atoms with Gasteiger partial charge in [-0.2, -0.15) is 0 Å². The summed E-state index contributed by atoms with van der Waals surface area (Å²) in [6, 6.07) is 0. The number of hydrogen-bond donors (Lipinski definition) is 0. The van der Waals surface area contributed by atoms with Crippen LogP contribution in [0.4, 0.5) is 0 Å². The second-order valence-corrected chi connectivity index (χ2v) is 16.4. The van der Waals surface area contributed by atoms with Gasteiger partial charge in [0.2, 0.25) is 0 Å². The molecule has 0 heterocycles. The predicted molar refractivity (Wildman–Crippen MR) is 247 cm³/mol. The van der Waals surface area contributed by atoms with Crippen molar-refractivity contribution in [2.24, 2.45) is 0 Å². The van der Waals surface area contributed by atoms with E-state index in [0.717, 1.165) is 83.5 Å². The number of hydrogen-bond acceptors (Lipinski definition) is 6. The summed E-state index contributed by atoms with van der Waals surface area (Å²) in [6.45, 7) is 6.51. The zero-order valence-electron chi connectivity index (χ0n) is 38.3. The molecule has 0 N–H and O–H groups in total. The van der Waals surface area contributed by atoms with Crippen LogP contribution in [0.2, 0.25) is 0 Å². The summed E-state index contributed by atoms with van der Waals surface area (Å²) in [5, 5.41) is 0. The second kappa shape index (κ2) is 47.1. The third-order valence-corrected chi connectivity index (χ3v) is 10.6. The fraction of sp³-hybridized carbons (Fsp3) is 0.788. The molecular weight excluding hydrogens is 721 g/mol. The molecule has 0 aromatic heterocycles. The van der Waals surface area contributed by atoms with Gasteiger partial charge in [-0.05, 0) is 83.5 Å². The molecule has 0 fully saturated rings. The van der Waals surface area contributed by atoms with E-state index in [4.69, 9.17) is 14.2 Å². The van der Waals surface area contributed by atoms with Gasteiger partial charge in [0, 0.05) is 19.3 Å². The molecule has 0 aromatic carbocycles. The van der Waals surface area contributed by atoms with Gasteiger partial charge in [-0.3, -0.25) is 14.4 Å². The minimum absolute atomic E-state index is 0.0906. The van der Waals surface area contributed by atoms with Crippen molar-refractivity contribution in [2.45, 2.75) is 252 Å². The van der Waals surface area contributed by atoms with E-state index >= 15 is 0 Å². The van der Waals surface area contributed by atoms with Gasteiger partial charge >= 0.3 is 17.9 Å². The molecule has 0 rings (SSSR count). The molecule has 1 unspecified atom stereocenters. The summed E-state index contributed by atoms with van der Waals surface area (Å²) in [4.78, 5) is 37.8. The first-order valence-electron chi connectivity index (χ1n) is 24.7. The van der Waals surface area contributed by atoms with E-state index in [1.165, 1.54) is 122 Å². The van der Waals surface area contributed by atoms with Crippen molar-refractivity contribution in [1.82, 2.24) is 0 Å². The van der Waals surface area contributed by atoms with Crippen LogP contribution in [0.5, 0.6) is 0 Å². The maximum absolute atomic E-state index is 12.7. The van der Waals surface area contributed by atoms with Gasteiger partial charge in [-0.1, -0.05) is 191 Å². The van der Waals surface area contributed by atoms with Crippen LogP contribution >= 0.6 is 0 Å². The van der Waals surface area contributed by atoms with Crippen LogP contribution in [0.25, 0.3) is 0 Å². The molecule has 0 aromatic rings. The van der Waals surface area contributed by atoms with Crippen LogP contribution < -0.4 is 0 Å². The molecule has 1 atom stereocenters. The molecule has 0 amide bonds.